The number of aromatic amines is 1. The van der Waals surface area contributed by atoms with Gasteiger partial charge in [-0.3, -0.25) is 0 Å². The van der Waals surface area contributed by atoms with E-state index in [0.29, 0.717) is 0 Å². The minimum atomic E-state index is -0.441. The van der Waals surface area contributed by atoms with E-state index in [-0.39, 0.29) is 0 Å². The number of azo groups is 1. The van der Waals surface area contributed by atoms with Crippen LogP contribution in [-0.2, 0) is 5.54 Å². The molecule has 0 spiro atoms. The number of hydrogen-bond acceptors (Lipinski definition) is 3. The lowest BCUT2D eigenvalue weighted by atomic mass is 10.0. The minimum absolute atomic E-state index is 0.441. The number of nitrogens with zero attached hydrogens (tertiary/aromatic N) is 3. The number of rotatable bonds is 1. The van der Waals surface area contributed by atoms with E-state index in [1.165, 1.54) is 0 Å². The zero-order valence-electron chi connectivity index (χ0n) is 9.23. The lowest BCUT2D eigenvalue weighted by Crippen LogP contribution is -2.15. The maximum absolute atomic E-state index is 4.55. The van der Waals surface area contributed by atoms with Gasteiger partial charge < -0.3 is 4.98 Å². The fourth-order valence-electron chi connectivity index (χ4n) is 1.96. The van der Waals surface area contributed by atoms with Crippen LogP contribution in [0.15, 0.2) is 46.3 Å². The van der Waals surface area contributed by atoms with Crippen molar-refractivity contribution in [2.75, 3.05) is 0 Å². The first-order chi connectivity index (χ1) is 7.67. The Morgan fingerprint density at radius 3 is 2.75 bits per heavy atom. The third-order valence-electron chi connectivity index (χ3n) is 2.77. The Bertz CT molecular complexity index is 575. The number of H-pyrrole nitrogens is 1. The highest BCUT2D eigenvalue weighted by molar-refractivity contribution is 5.75. The Kier molecular flexibility index (Phi) is 1.74. The van der Waals surface area contributed by atoms with Gasteiger partial charge in [-0.15, -0.1) is 0 Å². The molecule has 0 saturated carbocycles. The molecule has 1 N–H and O–H groups in total. The Morgan fingerprint density at radius 1 is 1.25 bits per heavy atom. The molecule has 0 saturated heterocycles. The highest BCUT2D eigenvalue weighted by atomic mass is 15.2. The molecule has 4 heteroatoms. The molecule has 2 heterocycles. The van der Waals surface area contributed by atoms with Gasteiger partial charge in [0.2, 0.25) is 0 Å². The van der Waals surface area contributed by atoms with Crippen molar-refractivity contribution in [2.45, 2.75) is 19.4 Å². The summed E-state index contributed by atoms with van der Waals surface area (Å²) in [5, 5.41) is 8.31. The quantitative estimate of drug-likeness (QED) is 0.775. The van der Waals surface area contributed by atoms with E-state index >= 15 is 0 Å². The van der Waals surface area contributed by atoms with Gasteiger partial charge in [0.15, 0.2) is 5.54 Å². The van der Waals surface area contributed by atoms with Gasteiger partial charge in [-0.2, -0.15) is 10.2 Å². The molecular weight excluding hydrogens is 200 g/mol. The van der Waals surface area contributed by atoms with Gasteiger partial charge in [0.1, 0.15) is 5.82 Å². The molecule has 2 aromatic rings. The molecule has 0 bridgehead atoms. The summed E-state index contributed by atoms with van der Waals surface area (Å²) < 4.78 is 0. The molecule has 1 aromatic heterocycles. The van der Waals surface area contributed by atoms with Crippen LogP contribution in [0.4, 0.5) is 0 Å². The summed E-state index contributed by atoms with van der Waals surface area (Å²) in [6, 6.07) is 7.97. The zero-order valence-corrected chi connectivity index (χ0v) is 9.23. The van der Waals surface area contributed by atoms with Gasteiger partial charge in [0.25, 0.3) is 0 Å². The molecule has 1 unspecified atom stereocenters. The van der Waals surface area contributed by atoms with E-state index in [0.717, 1.165) is 22.6 Å². The van der Waals surface area contributed by atoms with Crippen molar-refractivity contribution in [1.82, 2.24) is 9.97 Å². The summed E-state index contributed by atoms with van der Waals surface area (Å²) in [7, 11) is 0. The summed E-state index contributed by atoms with van der Waals surface area (Å²) in [6.07, 6.45) is 2.02. The molecule has 1 atom stereocenters. The second-order valence-electron chi connectivity index (χ2n) is 4.24. The summed E-state index contributed by atoms with van der Waals surface area (Å²) >= 11 is 0. The fourth-order valence-corrected chi connectivity index (χ4v) is 1.96. The standard InChI is InChI=1S/C12H12N4/c1-8-7-12(2,16-15-8)11-13-9-5-3-4-6-10(9)14-11/h3-7H,1-2H3,(H,13,14). The van der Waals surface area contributed by atoms with E-state index in [1.807, 2.05) is 44.2 Å². The monoisotopic (exact) mass is 212 g/mol. The molecule has 1 aliphatic heterocycles. The minimum Gasteiger partial charge on any atom is -0.340 e. The molecule has 0 radical (unpaired) electrons. The van der Waals surface area contributed by atoms with Gasteiger partial charge in [-0.1, -0.05) is 12.1 Å². The Balaban J connectivity index is 2.17. The molecule has 0 amide bonds. The summed E-state index contributed by atoms with van der Waals surface area (Å²) in [5.74, 6) is 0.842. The van der Waals surface area contributed by atoms with Crippen molar-refractivity contribution >= 4 is 11.0 Å². The van der Waals surface area contributed by atoms with Crippen molar-refractivity contribution in [3.05, 3.63) is 41.9 Å². The first-order valence-corrected chi connectivity index (χ1v) is 5.25. The molecule has 80 valence electrons. The van der Waals surface area contributed by atoms with Crippen LogP contribution >= 0.6 is 0 Å². The molecule has 3 rings (SSSR count). The molecule has 16 heavy (non-hydrogen) atoms. The first kappa shape index (κ1) is 9.27. The van der Waals surface area contributed by atoms with E-state index in [9.17, 15) is 0 Å². The molecule has 1 aliphatic rings. The molecule has 4 nitrogen and oxygen atoms in total. The Labute approximate surface area is 93.1 Å². The fraction of sp³-hybridized carbons (Fsp3) is 0.250. The van der Waals surface area contributed by atoms with Crippen LogP contribution in [0.1, 0.15) is 19.7 Å². The van der Waals surface area contributed by atoms with Gasteiger partial charge in [0, 0.05) is 0 Å². The van der Waals surface area contributed by atoms with E-state index < -0.39 is 5.54 Å². The topological polar surface area (TPSA) is 53.4 Å². The average Bonchev–Trinajstić information content (AvgIpc) is 2.83. The van der Waals surface area contributed by atoms with Crippen LogP contribution in [-0.4, -0.2) is 9.97 Å². The van der Waals surface area contributed by atoms with Crippen molar-refractivity contribution in [1.29, 1.82) is 0 Å². The molecule has 0 aliphatic carbocycles. The molecule has 0 fully saturated rings. The SMILES string of the molecule is CC1=CC(C)(c2nc3ccccc3[nH]2)N=N1. The number of fused-ring (bicyclic) bond motifs is 1. The average molecular weight is 212 g/mol. The number of imidazole rings is 1. The number of nitrogens with one attached hydrogen (secondary N) is 1. The predicted molar refractivity (Wildman–Crippen MR) is 62.1 cm³/mol. The number of para-hydroxylation sites is 2. The highest BCUT2D eigenvalue weighted by Crippen LogP contribution is 2.32. The number of hydrogen-bond donors (Lipinski definition) is 1. The summed E-state index contributed by atoms with van der Waals surface area (Å²) in [5.41, 5.74) is 2.49. The van der Waals surface area contributed by atoms with Crippen LogP contribution in [0.3, 0.4) is 0 Å². The number of aromatic nitrogens is 2. The predicted octanol–water partition coefficient (Wildman–Crippen LogP) is 3.15. The lowest BCUT2D eigenvalue weighted by Gasteiger charge is -2.12. The van der Waals surface area contributed by atoms with Crippen molar-refractivity contribution in [3.8, 4) is 0 Å². The second kappa shape index (κ2) is 3.01. The van der Waals surface area contributed by atoms with Gasteiger partial charge in [-0.25, -0.2) is 4.98 Å². The Hall–Kier alpha value is -1.97. The highest BCUT2D eigenvalue weighted by Gasteiger charge is 2.31. The normalized spacial score (nSPS) is 24.0. The third-order valence-corrected chi connectivity index (χ3v) is 2.77. The smallest absolute Gasteiger partial charge is 0.157 e. The Morgan fingerprint density at radius 2 is 2.06 bits per heavy atom. The van der Waals surface area contributed by atoms with Crippen molar-refractivity contribution < 1.29 is 0 Å². The lowest BCUT2D eigenvalue weighted by molar-refractivity contribution is 0.584. The van der Waals surface area contributed by atoms with Crippen LogP contribution in [0.25, 0.3) is 11.0 Å². The summed E-state index contributed by atoms with van der Waals surface area (Å²) in [4.78, 5) is 7.84. The largest absolute Gasteiger partial charge is 0.340 e. The number of benzene rings is 1. The zero-order chi connectivity index (χ0) is 11.2. The molecule has 1 aromatic carbocycles. The van der Waals surface area contributed by atoms with E-state index in [4.69, 9.17) is 0 Å². The van der Waals surface area contributed by atoms with Crippen molar-refractivity contribution in [2.24, 2.45) is 10.2 Å². The second-order valence-corrected chi connectivity index (χ2v) is 4.24. The van der Waals surface area contributed by atoms with Crippen LogP contribution in [0.2, 0.25) is 0 Å². The number of allylic oxidation sites excluding steroid dienone is 1. The summed E-state index contributed by atoms with van der Waals surface area (Å²) in [6.45, 7) is 3.95. The van der Waals surface area contributed by atoms with E-state index in [1.54, 1.807) is 0 Å². The maximum atomic E-state index is 4.55. The first-order valence-electron chi connectivity index (χ1n) is 5.25. The van der Waals surface area contributed by atoms with Gasteiger partial charge in [0.05, 0.1) is 16.7 Å². The van der Waals surface area contributed by atoms with Crippen LogP contribution < -0.4 is 0 Å². The third kappa shape index (κ3) is 1.26. The van der Waals surface area contributed by atoms with E-state index in [2.05, 4.69) is 20.2 Å². The maximum Gasteiger partial charge on any atom is 0.157 e. The molecular formula is C12H12N4. The van der Waals surface area contributed by atoms with Gasteiger partial charge in [-0.05, 0) is 32.1 Å². The van der Waals surface area contributed by atoms with Crippen LogP contribution in [0.5, 0.6) is 0 Å². The van der Waals surface area contributed by atoms with Gasteiger partial charge >= 0.3 is 0 Å². The van der Waals surface area contributed by atoms with Crippen LogP contribution in [0, 0.1) is 0 Å². The van der Waals surface area contributed by atoms with Crippen molar-refractivity contribution in [3.63, 3.8) is 0 Å².